The van der Waals surface area contributed by atoms with Crippen LogP contribution < -0.4 is 5.73 Å². The zero-order valence-corrected chi connectivity index (χ0v) is 18.0. The highest BCUT2D eigenvalue weighted by Gasteiger charge is 2.26. The fraction of sp³-hybridized carbons (Fsp3) is 0.280. The number of carbonyl (C=O) groups excluding carboxylic acids is 1. The van der Waals surface area contributed by atoms with Gasteiger partial charge in [-0.15, -0.1) is 0 Å². The lowest BCUT2D eigenvalue weighted by Crippen LogP contribution is -2.31. The Morgan fingerprint density at radius 3 is 2.62 bits per heavy atom. The zero-order chi connectivity index (χ0) is 22.8. The van der Waals surface area contributed by atoms with Gasteiger partial charge in [0.1, 0.15) is 17.7 Å². The van der Waals surface area contributed by atoms with Gasteiger partial charge in [0, 0.05) is 35.4 Å². The summed E-state index contributed by atoms with van der Waals surface area (Å²) in [5.41, 5.74) is 9.77. The Labute approximate surface area is 186 Å². The van der Waals surface area contributed by atoms with Crippen LogP contribution in [-0.4, -0.2) is 32.8 Å². The monoisotopic (exact) mass is 435 g/mol. The zero-order valence-electron chi connectivity index (χ0n) is 18.0. The molecule has 2 aromatic carbocycles. The number of rotatable bonds is 5. The third-order valence-electron chi connectivity index (χ3n) is 5.37. The number of benzene rings is 2. The van der Waals surface area contributed by atoms with Crippen molar-refractivity contribution in [3.05, 3.63) is 66.2 Å². The number of nitrogen functional groups attached to an aromatic ring is 1. The minimum atomic E-state index is -0.724. The Bertz CT molecular complexity index is 1150. The van der Waals surface area contributed by atoms with Crippen molar-refractivity contribution in [1.82, 2.24) is 9.55 Å². The highest BCUT2D eigenvalue weighted by atomic mass is 19.1. The van der Waals surface area contributed by atoms with Crippen LogP contribution in [0, 0.1) is 5.82 Å². The highest BCUT2D eigenvalue weighted by molar-refractivity contribution is 5.82. The van der Waals surface area contributed by atoms with Crippen molar-refractivity contribution in [2.75, 3.05) is 5.73 Å². The molecule has 2 heterocycles. The van der Waals surface area contributed by atoms with Crippen molar-refractivity contribution in [3.8, 4) is 22.5 Å². The van der Waals surface area contributed by atoms with E-state index < -0.39 is 18.2 Å². The molecule has 32 heavy (non-hydrogen) atoms. The van der Waals surface area contributed by atoms with E-state index in [9.17, 15) is 14.3 Å². The van der Waals surface area contributed by atoms with Crippen molar-refractivity contribution in [2.24, 2.45) is 0 Å². The number of nitrogens with two attached hydrogens (primary N) is 1. The quantitative estimate of drug-likeness (QED) is 0.452. The van der Waals surface area contributed by atoms with Crippen LogP contribution in [-0.2, 0) is 9.53 Å². The molecule has 3 N–H and O–H groups in total. The van der Waals surface area contributed by atoms with E-state index in [-0.39, 0.29) is 18.2 Å². The predicted octanol–water partition coefficient (Wildman–Crippen LogP) is 4.60. The molecule has 0 aliphatic carbocycles. The molecule has 1 aliphatic rings. The maximum Gasteiger partial charge on any atom is 0.309 e. The average molecular weight is 435 g/mol. The van der Waals surface area contributed by atoms with Crippen molar-refractivity contribution >= 4 is 17.9 Å². The van der Waals surface area contributed by atoms with Crippen LogP contribution in [0.25, 0.3) is 28.7 Å². The molecule has 0 unspecified atom stereocenters. The first-order valence-corrected chi connectivity index (χ1v) is 10.6. The smallest absolute Gasteiger partial charge is 0.309 e. The number of aliphatic hydroxyl groups excluding tert-OH is 1. The molecule has 3 aromatic rings. The van der Waals surface area contributed by atoms with E-state index in [0.717, 1.165) is 28.3 Å². The van der Waals surface area contributed by atoms with Gasteiger partial charge in [-0.1, -0.05) is 26.0 Å². The van der Waals surface area contributed by atoms with E-state index >= 15 is 0 Å². The molecular weight excluding hydrogens is 409 g/mol. The Morgan fingerprint density at radius 2 is 1.97 bits per heavy atom. The normalized spacial score (nSPS) is 19.0. The number of halogens is 1. The number of anilines is 1. The summed E-state index contributed by atoms with van der Waals surface area (Å²) in [5, 5.41) is 9.93. The molecule has 1 aromatic heterocycles. The highest BCUT2D eigenvalue weighted by Crippen LogP contribution is 2.36. The first-order chi connectivity index (χ1) is 15.3. The summed E-state index contributed by atoms with van der Waals surface area (Å²) < 4.78 is 20.9. The second-order valence-corrected chi connectivity index (χ2v) is 8.29. The van der Waals surface area contributed by atoms with Crippen LogP contribution in [0.3, 0.4) is 0 Å². The molecule has 7 heteroatoms. The van der Waals surface area contributed by atoms with Crippen LogP contribution in [0.2, 0.25) is 0 Å². The standard InChI is InChI=1S/C25H26FN3O3/c1-15(2)25-28-23(17-4-3-5-19(27)12-17)24(16-6-8-18(26)9-7-16)29(25)11-10-21-13-20(30)14-22(31)32-21/h3-12,15,20-21,30H,13-14,27H2,1-2H3/b11-10+/t20-,21-/m0/s1. The van der Waals surface area contributed by atoms with Crippen LogP contribution in [0.5, 0.6) is 0 Å². The van der Waals surface area contributed by atoms with Gasteiger partial charge in [0.2, 0.25) is 0 Å². The molecule has 0 amide bonds. The predicted molar refractivity (Wildman–Crippen MR) is 122 cm³/mol. The van der Waals surface area contributed by atoms with E-state index in [1.807, 2.05) is 48.9 Å². The SMILES string of the molecule is CC(C)c1nc(-c2cccc(N)c2)c(-c2ccc(F)cc2)n1/C=C/[C@H]1C[C@H](O)CC(=O)O1. The molecule has 166 valence electrons. The van der Waals surface area contributed by atoms with E-state index in [2.05, 4.69) is 0 Å². The van der Waals surface area contributed by atoms with E-state index in [4.69, 9.17) is 15.5 Å². The first kappa shape index (κ1) is 21.8. The molecular formula is C25H26FN3O3. The maximum absolute atomic E-state index is 13.7. The van der Waals surface area contributed by atoms with Gasteiger partial charge in [0.15, 0.2) is 0 Å². The van der Waals surface area contributed by atoms with Crippen molar-refractivity contribution < 1.29 is 19.0 Å². The summed E-state index contributed by atoms with van der Waals surface area (Å²) in [7, 11) is 0. The molecule has 1 fully saturated rings. The van der Waals surface area contributed by atoms with Gasteiger partial charge in [-0.25, -0.2) is 9.37 Å². The first-order valence-electron chi connectivity index (χ1n) is 10.6. The summed E-state index contributed by atoms with van der Waals surface area (Å²) in [6.45, 7) is 4.07. The summed E-state index contributed by atoms with van der Waals surface area (Å²) in [6, 6.07) is 13.7. The largest absolute Gasteiger partial charge is 0.458 e. The summed E-state index contributed by atoms with van der Waals surface area (Å²) in [4.78, 5) is 16.6. The Balaban J connectivity index is 1.88. The number of ether oxygens (including phenoxy) is 1. The fourth-order valence-corrected chi connectivity index (χ4v) is 3.89. The average Bonchev–Trinajstić information content (AvgIpc) is 3.12. The van der Waals surface area contributed by atoms with Crippen molar-refractivity contribution in [2.45, 2.75) is 44.8 Å². The molecule has 1 aliphatic heterocycles. The topological polar surface area (TPSA) is 90.4 Å². The van der Waals surface area contributed by atoms with Crippen LogP contribution in [0.4, 0.5) is 10.1 Å². The van der Waals surface area contributed by atoms with Crippen molar-refractivity contribution in [1.29, 1.82) is 0 Å². The lowest BCUT2D eigenvalue weighted by atomic mass is 10.0. The third-order valence-corrected chi connectivity index (χ3v) is 5.37. The van der Waals surface area contributed by atoms with Crippen LogP contribution in [0.15, 0.2) is 54.6 Å². The number of imidazole rings is 1. The lowest BCUT2D eigenvalue weighted by molar-refractivity contribution is -0.156. The molecule has 2 atom stereocenters. The van der Waals surface area contributed by atoms with Crippen LogP contribution in [0.1, 0.15) is 38.4 Å². The molecule has 1 saturated heterocycles. The van der Waals surface area contributed by atoms with Gasteiger partial charge in [-0.2, -0.15) is 0 Å². The Morgan fingerprint density at radius 1 is 1.22 bits per heavy atom. The number of hydrogen-bond acceptors (Lipinski definition) is 5. The number of cyclic esters (lactones) is 1. The number of carbonyl (C=O) groups is 1. The van der Waals surface area contributed by atoms with E-state index in [1.54, 1.807) is 18.2 Å². The maximum atomic E-state index is 13.7. The van der Waals surface area contributed by atoms with Gasteiger partial charge in [0.25, 0.3) is 0 Å². The number of aromatic nitrogens is 2. The molecule has 6 nitrogen and oxygen atoms in total. The minimum Gasteiger partial charge on any atom is -0.458 e. The van der Waals surface area contributed by atoms with Gasteiger partial charge < -0.3 is 20.1 Å². The number of esters is 1. The summed E-state index contributed by atoms with van der Waals surface area (Å²) in [5.74, 6) is 0.120. The summed E-state index contributed by atoms with van der Waals surface area (Å²) >= 11 is 0. The molecule has 0 bridgehead atoms. The Kier molecular flexibility index (Phi) is 6.10. The molecule has 0 spiro atoms. The molecule has 0 radical (unpaired) electrons. The second-order valence-electron chi connectivity index (χ2n) is 8.29. The van der Waals surface area contributed by atoms with Gasteiger partial charge in [-0.3, -0.25) is 4.79 Å². The lowest BCUT2D eigenvalue weighted by Gasteiger charge is -2.23. The summed E-state index contributed by atoms with van der Waals surface area (Å²) in [6.07, 6.45) is 2.65. The minimum absolute atomic E-state index is 0.00701. The number of hydrogen-bond donors (Lipinski definition) is 2. The number of aliphatic hydroxyl groups is 1. The van der Waals surface area contributed by atoms with Crippen molar-refractivity contribution in [3.63, 3.8) is 0 Å². The van der Waals surface area contributed by atoms with Gasteiger partial charge in [0.05, 0.1) is 23.9 Å². The second kappa shape index (κ2) is 8.96. The Hall–Kier alpha value is -3.45. The molecule has 4 rings (SSSR count). The molecule has 0 saturated carbocycles. The third kappa shape index (κ3) is 4.57. The van der Waals surface area contributed by atoms with Crippen LogP contribution >= 0.6 is 0 Å². The van der Waals surface area contributed by atoms with E-state index in [1.165, 1.54) is 12.1 Å². The number of nitrogens with zero attached hydrogens (tertiary/aromatic N) is 2. The fourth-order valence-electron chi connectivity index (χ4n) is 3.89. The van der Waals surface area contributed by atoms with Gasteiger partial charge >= 0.3 is 5.97 Å². The van der Waals surface area contributed by atoms with Gasteiger partial charge in [-0.05, 0) is 42.5 Å². The van der Waals surface area contributed by atoms with E-state index in [0.29, 0.717) is 12.1 Å².